The minimum Gasteiger partial charge on any atom is -0.300 e. The van der Waals surface area contributed by atoms with Crippen molar-refractivity contribution in [2.24, 2.45) is 0 Å². The highest BCUT2D eigenvalue weighted by Crippen LogP contribution is 2.37. The molecule has 0 atom stereocenters. The van der Waals surface area contributed by atoms with Crippen molar-refractivity contribution >= 4 is 44.4 Å². The molecule has 0 bridgehead atoms. The molecular weight excluding hydrogens is 395 g/mol. The second kappa shape index (κ2) is 6.41. The van der Waals surface area contributed by atoms with Crippen molar-refractivity contribution in [3.05, 3.63) is 59.2 Å². The first-order chi connectivity index (χ1) is 13.3. The van der Waals surface area contributed by atoms with Gasteiger partial charge in [0.2, 0.25) is 5.91 Å². The van der Waals surface area contributed by atoms with Crippen molar-refractivity contribution in [2.75, 3.05) is 11.9 Å². The largest absolute Gasteiger partial charge is 0.418 e. The van der Waals surface area contributed by atoms with Crippen molar-refractivity contribution in [2.45, 2.75) is 6.18 Å². The smallest absolute Gasteiger partial charge is 0.300 e. The zero-order valence-corrected chi connectivity index (χ0v) is 14.7. The zero-order chi connectivity index (χ0) is 20.1. The van der Waals surface area contributed by atoms with Gasteiger partial charge in [-0.25, -0.2) is 4.98 Å². The van der Waals surface area contributed by atoms with E-state index in [2.05, 4.69) is 10.3 Å². The van der Waals surface area contributed by atoms with Crippen LogP contribution in [-0.2, 0) is 11.0 Å². The predicted octanol–water partition coefficient (Wildman–Crippen LogP) is 3.55. The lowest BCUT2D eigenvalue weighted by atomic mass is 10.1. The van der Waals surface area contributed by atoms with Crippen LogP contribution in [0.2, 0.25) is 0 Å². The highest BCUT2D eigenvalue weighted by molar-refractivity contribution is 7.22. The number of carbonyl (C=O) groups is 3. The minimum atomic E-state index is -4.57. The number of fused-ring (bicyclic) bond motifs is 2. The van der Waals surface area contributed by atoms with Gasteiger partial charge in [-0.3, -0.25) is 19.3 Å². The quantitative estimate of drug-likeness (QED) is 0.676. The Bertz CT molecular complexity index is 1100. The van der Waals surface area contributed by atoms with Crippen molar-refractivity contribution in [3.8, 4) is 0 Å². The number of hydrogen-bond acceptors (Lipinski definition) is 5. The second-order valence-corrected chi connectivity index (χ2v) is 6.99. The summed E-state index contributed by atoms with van der Waals surface area (Å²) in [6.45, 7) is -0.561. The molecule has 4 rings (SSSR count). The molecule has 3 aromatic rings. The third-order valence-corrected chi connectivity index (χ3v) is 5.09. The maximum absolute atomic E-state index is 13.1. The van der Waals surface area contributed by atoms with Gasteiger partial charge >= 0.3 is 6.18 Å². The molecule has 0 fully saturated rings. The van der Waals surface area contributed by atoms with Gasteiger partial charge in [0.1, 0.15) is 6.54 Å². The van der Waals surface area contributed by atoms with E-state index >= 15 is 0 Å². The van der Waals surface area contributed by atoms with Crippen LogP contribution in [-0.4, -0.2) is 34.2 Å². The van der Waals surface area contributed by atoms with Crippen LogP contribution in [0.5, 0.6) is 0 Å². The van der Waals surface area contributed by atoms with Crippen LogP contribution in [0.4, 0.5) is 18.3 Å². The molecule has 0 radical (unpaired) electrons. The number of imide groups is 1. The fourth-order valence-electron chi connectivity index (χ4n) is 2.92. The number of benzene rings is 2. The van der Waals surface area contributed by atoms with Gasteiger partial charge in [-0.15, -0.1) is 0 Å². The highest BCUT2D eigenvalue weighted by atomic mass is 32.1. The van der Waals surface area contributed by atoms with E-state index in [0.29, 0.717) is 0 Å². The van der Waals surface area contributed by atoms with E-state index in [4.69, 9.17) is 0 Å². The summed E-state index contributed by atoms with van der Waals surface area (Å²) < 4.78 is 39.5. The van der Waals surface area contributed by atoms with E-state index in [1.807, 2.05) is 0 Å². The van der Waals surface area contributed by atoms with Crippen molar-refractivity contribution in [3.63, 3.8) is 0 Å². The lowest BCUT2D eigenvalue weighted by molar-refractivity contribution is -0.136. The average molecular weight is 405 g/mol. The first-order valence-corrected chi connectivity index (χ1v) is 8.79. The van der Waals surface area contributed by atoms with Gasteiger partial charge in [-0.1, -0.05) is 29.5 Å². The third kappa shape index (κ3) is 3.01. The summed E-state index contributed by atoms with van der Waals surface area (Å²) in [5, 5.41) is 2.31. The van der Waals surface area contributed by atoms with E-state index < -0.39 is 36.0 Å². The maximum atomic E-state index is 13.1. The summed E-state index contributed by atoms with van der Waals surface area (Å²) in [4.78, 5) is 41.4. The number of para-hydroxylation sites is 1. The number of amides is 3. The van der Waals surface area contributed by atoms with Crippen LogP contribution in [0.15, 0.2) is 42.5 Å². The number of anilines is 1. The summed E-state index contributed by atoms with van der Waals surface area (Å²) >= 11 is 0.871. The fraction of sp³-hybridized carbons (Fsp3) is 0.111. The molecule has 1 aliphatic heterocycles. The first-order valence-electron chi connectivity index (χ1n) is 7.97. The number of carbonyl (C=O) groups excluding carboxylic acids is 3. The Hall–Kier alpha value is -3.27. The van der Waals surface area contributed by atoms with E-state index in [0.717, 1.165) is 22.3 Å². The lowest BCUT2D eigenvalue weighted by Gasteiger charge is -2.12. The standard InChI is InChI=1S/C18H10F3N3O3S/c19-18(20,21)11-6-3-7-12-14(11)23-17(28-12)22-13(25)8-24-15(26)9-4-1-2-5-10(9)16(24)27/h1-7H,8H2,(H,22,23,25). The molecule has 0 saturated heterocycles. The maximum Gasteiger partial charge on any atom is 0.418 e. The third-order valence-electron chi connectivity index (χ3n) is 4.15. The molecule has 0 aliphatic carbocycles. The average Bonchev–Trinajstić information content (AvgIpc) is 3.15. The molecule has 28 heavy (non-hydrogen) atoms. The van der Waals surface area contributed by atoms with Gasteiger partial charge in [0.25, 0.3) is 11.8 Å². The molecule has 1 aromatic heterocycles. The number of thiazole rings is 1. The monoisotopic (exact) mass is 405 g/mol. The molecule has 2 aromatic carbocycles. The summed E-state index contributed by atoms with van der Waals surface area (Å²) in [7, 11) is 0. The summed E-state index contributed by atoms with van der Waals surface area (Å²) in [5.74, 6) is -1.93. The molecule has 0 saturated carbocycles. The Kier molecular flexibility index (Phi) is 4.15. The number of rotatable bonds is 3. The summed E-state index contributed by atoms with van der Waals surface area (Å²) in [6, 6.07) is 9.81. The molecule has 3 amide bonds. The molecule has 2 heterocycles. The number of nitrogens with zero attached hydrogens (tertiary/aromatic N) is 2. The van der Waals surface area contributed by atoms with Gasteiger partial charge in [-0.05, 0) is 24.3 Å². The lowest BCUT2D eigenvalue weighted by Crippen LogP contribution is -2.37. The number of alkyl halides is 3. The molecular formula is C18H10F3N3O3S. The van der Waals surface area contributed by atoms with Crippen LogP contribution >= 0.6 is 11.3 Å². The predicted molar refractivity (Wildman–Crippen MR) is 95.1 cm³/mol. The number of nitrogens with one attached hydrogen (secondary N) is 1. The summed E-state index contributed by atoms with van der Waals surface area (Å²) in [5.41, 5.74) is -0.761. The molecule has 0 spiro atoms. The normalized spacial score (nSPS) is 13.9. The van der Waals surface area contributed by atoms with Crippen LogP contribution in [0, 0.1) is 0 Å². The molecule has 6 nitrogen and oxygen atoms in total. The topological polar surface area (TPSA) is 79.4 Å². The Balaban J connectivity index is 1.54. The Morgan fingerprint density at radius 2 is 1.68 bits per heavy atom. The number of hydrogen-bond donors (Lipinski definition) is 1. The minimum absolute atomic E-state index is 0.0479. The molecule has 1 aliphatic rings. The van der Waals surface area contributed by atoms with Crippen LogP contribution in [0.3, 0.4) is 0 Å². The van der Waals surface area contributed by atoms with E-state index in [-0.39, 0.29) is 26.5 Å². The van der Waals surface area contributed by atoms with Crippen LogP contribution in [0.1, 0.15) is 26.3 Å². The highest BCUT2D eigenvalue weighted by Gasteiger charge is 2.37. The number of aromatic nitrogens is 1. The van der Waals surface area contributed by atoms with E-state index in [1.54, 1.807) is 12.1 Å². The molecule has 142 valence electrons. The van der Waals surface area contributed by atoms with Gasteiger partial charge in [-0.2, -0.15) is 13.2 Å². The Labute approximate surface area is 159 Å². The van der Waals surface area contributed by atoms with E-state index in [9.17, 15) is 27.6 Å². The Morgan fingerprint density at radius 1 is 1.04 bits per heavy atom. The number of halogens is 3. The van der Waals surface area contributed by atoms with Gasteiger partial charge in [0.15, 0.2) is 5.13 Å². The summed E-state index contributed by atoms with van der Waals surface area (Å²) in [6.07, 6.45) is -4.57. The van der Waals surface area contributed by atoms with Gasteiger partial charge < -0.3 is 5.32 Å². The molecule has 1 N–H and O–H groups in total. The van der Waals surface area contributed by atoms with Crippen LogP contribution < -0.4 is 5.32 Å². The van der Waals surface area contributed by atoms with Crippen molar-refractivity contribution in [1.29, 1.82) is 0 Å². The van der Waals surface area contributed by atoms with Crippen molar-refractivity contribution < 1.29 is 27.6 Å². The van der Waals surface area contributed by atoms with E-state index in [1.165, 1.54) is 24.3 Å². The molecule has 10 heteroatoms. The van der Waals surface area contributed by atoms with Crippen molar-refractivity contribution in [1.82, 2.24) is 9.88 Å². The molecule has 0 unspecified atom stereocenters. The van der Waals surface area contributed by atoms with Gasteiger partial charge in [0.05, 0.1) is 26.9 Å². The van der Waals surface area contributed by atoms with Gasteiger partial charge in [0, 0.05) is 0 Å². The SMILES string of the molecule is O=C(CN1C(=O)c2ccccc2C1=O)Nc1nc2c(C(F)(F)F)cccc2s1. The first kappa shape index (κ1) is 18.1. The fourth-order valence-corrected chi connectivity index (χ4v) is 3.82. The second-order valence-electron chi connectivity index (χ2n) is 5.96. The van der Waals surface area contributed by atoms with Crippen LogP contribution in [0.25, 0.3) is 10.2 Å². The zero-order valence-electron chi connectivity index (χ0n) is 13.9. The Morgan fingerprint density at radius 3 is 2.29 bits per heavy atom.